The minimum Gasteiger partial charge on any atom is -0.447 e. The maximum atomic E-state index is 10.7. The van der Waals surface area contributed by atoms with Crippen molar-refractivity contribution < 1.29 is 14.3 Å². The van der Waals surface area contributed by atoms with Crippen molar-refractivity contribution in [1.29, 1.82) is 0 Å². The molecule has 2 rings (SSSR count). The van der Waals surface area contributed by atoms with Crippen LogP contribution in [0, 0.1) is 5.92 Å². The third-order valence-electron chi connectivity index (χ3n) is 2.52. The summed E-state index contributed by atoms with van der Waals surface area (Å²) in [6.45, 7) is 0.371. The molecule has 12 heavy (non-hydrogen) atoms. The monoisotopic (exact) mass is 170 g/mol. The van der Waals surface area contributed by atoms with Gasteiger partial charge in [0.25, 0.3) is 0 Å². The second-order valence-corrected chi connectivity index (χ2v) is 3.49. The van der Waals surface area contributed by atoms with Gasteiger partial charge in [0.1, 0.15) is 6.61 Å². The van der Waals surface area contributed by atoms with E-state index in [2.05, 4.69) is 5.32 Å². The van der Waals surface area contributed by atoms with Gasteiger partial charge in [-0.1, -0.05) is 0 Å². The zero-order valence-electron chi connectivity index (χ0n) is 6.50. The first-order valence-electron chi connectivity index (χ1n) is 3.86. The summed E-state index contributed by atoms with van der Waals surface area (Å²) >= 11 is 0. The van der Waals surface area contributed by atoms with Crippen LogP contribution in [0.1, 0.15) is 12.8 Å². The summed E-state index contributed by atoms with van der Waals surface area (Å²) in [5.74, 6) is -0.381. The van der Waals surface area contributed by atoms with Gasteiger partial charge >= 0.3 is 6.09 Å². The number of alkyl carbamates (subject to hydrolysis) is 1. The van der Waals surface area contributed by atoms with Crippen molar-refractivity contribution in [1.82, 2.24) is 5.32 Å². The van der Waals surface area contributed by atoms with Crippen LogP contribution in [0.25, 0.3) is 0 Å². The van der Waals surface area contributed by atoms with Crippen LogP contribution in [0.3, 0.4) is 0 Å². The van der Waals surface area contributed by atoms with Crippen LogP contribution < -0.4 is 11.1 Å². The topological polar surface area (TPSA) is 81.4 Å². The van der Waals surface area contributed by atoms with Gasteiger partial charge in [-0.15, -0.1) is 0 Å². The van der Waals surface area contributed by atoms with Gasteiger partial charge in [-0.05, 0) is 12.8 Å². The average molecular weight is 170 g/mol. The summed E-state index contributed by atoms with van der Waals surface area (Å²) in [5, 5.41) is 2.68. The first kappa shape index (κ1) is 7.39. The van der Waals surface area contributed by atoms with Gasteiger partial charge in [0.15, 0.2) is 0 Å². The highest BCUT2D eigenvalue weighted by atomic mass is 16.6. The smallest absolute Gasteiger partial charge is 0.407 e. The van der Waals surface area contributed by atoms with Crippen molar-refractivity contribution in [2.45, 2.75) is 18.4 Å². The lowest BCUT2D eigenvalue weighted by Crippen LogP contribution is -2.57. The fourth-order valence-corrected chi connectivity index (χ4v) is 1.80. The molecule has 2 fully saturated rings. The molecule has 1 aliphatic carbocycles. The quantitative estimate of drug-likeness (QED) is 0.549. The number of cyclic esters (lactones) is 1. The predicted molar refractivity (Wildman–Crippen MR) is 39.1 cm³/mol. The van der Waals surface area contributed by atoms with Crippen LogP contribution in [0.4, 0.5) is 4.79 Å². The number of rotatable bonds is 1. The Balaban J connectivity index is 1.95. The van der Waals surface area contributed by atoms with Crippen molar-refractivity contribution in [3.8, 4) is 0 Å². The summed E-state index contributed by atoms with van der Waals surface area (Å²) < 4.78 is 4.74. The van der Waals surface area contributed by atoms with E-state index >= 15 is 0 Å². The number of nitrogens with two attached hydrogens (primary N) is 1. The van der Waals surface area contributed by atoms with Gasteiger partial charge in [-0.2, -0.15) is 0 Å². The molecule has 0 radical (unpaired) electrons. The van der Waals surface area contributed by atoms with Crippen molar-refractivity contribution >= 4 is 12.0 Å². The summed E-state index contributed by atoms with van der Waals surface area (Å²) in [6, 6.07) is 0. The number of nitrogens with one attached hydrogen (secondary N) is 1. The third kappa shape index (κ3) is 0.929. The summed E-state index contributed by atoms with van der Waals surface area (Å²) in [6.07, 6.45) is 0.847. The van der Waals surface area contributed by atoms with Crippen molar-refractivity contribution in [3.63, 3.8) is 0 Å². The zero-order chi connectivity index (χ0) is 8.77. The zero-order valence-corrected chi connectivity index (χ0v) is 6.50. The lowest BCUT2D eigenvalue weighted by molar-refractivity contribution is -0.126. The van der Waals surface area contributed by atoms with Crippen LogP contribution in [-0.4, -0.2) is 24.1 Å². The molecule has 3 N–H and O–H groups in total. The van der Waals surface area contributed by atoms with E-state index in [1.165, 1.54) is 0 Å². The molecule has 0 bridgehead atoms. The Hall–Kier alpha value is -1.26. The van der Waals surface area contributed by atoms with Gasteiger partial charge in [0.05, 0.1) is 5.54 Å². The molecule has 0 atom stereocenters. The van der Waals surface area contributed by atoms with Crippen LogP contribution in [0.2, 0.25) is 0 Å². The molecule has 5 heteroatoms. The van der Waals surface area contributed by atoms with E-state index in [4.69, 9.17) is 10.5 Å². The molecule has 66 valence electrons. The second kappa shape index (κ2) is 2.12. The van der Waals surface area contributed by atoms with Gasteiger partial charge in [0.2, 0.25) is 5.91 Å². The number of hydrogen-bond donors (Lipinski definition) is 2. The van der Waals surface area contributed by atoms with Gasteiger partial charge < -0.3 is 15.8 Å². The fourth-order valence-electron chi connectivity index (χ4n) is 1.80. The highest BCUT2D eigenvalue weighted by Gasteiger charge is 2.52. The molecule has 1 saturated heterocycles. The van der Waals surface area contributed by atoms with Gasteiger partial charge in [0, 0.05) is 5.92 Å². The summed E-state index contributed by atoms with van der Waals surface area (Å²) in [7, 11) is 0. The van der Waals surface area contributed by atoms with E-state index in [0.29, 0.717) is 19.4 Å². The van der Waals surface area contributed by atoms with Crippen LogP contribution >= 0.6 is 0 Å². The number of hydrogen-bond acceptors (Lipinski definition) is 3. The molecule has 0 unspecified atom stereocenters. The fraction of sp³-hybridized carbons (Fsp3) is 0.714. The Kier molecular flexibility index (Phi) is 1.31. The maximum absolute atomic E-state index is 10.7. The van der Waals surface area contributed by atoms with E-state index < -0.39 is 6.09 Å². The number of amides is 2. The van der Waals surface area contributed by atoms with Crippen LogP contribution in [-0.2, 0) is 9.53 Å². The first-order chi connectivity index (χ1) is 5.61. The number of carbonyl (C=O) groups excluding carboxylic acids is 2. The van der Waals surface area contributed by atoms with E-state index in [1.54, 1.807) is 0 Å². The van der Waals surface area contributed by atoms with Crippen molar-refractivity contribution in [2.24, 2.45) is 11.7 Å². The molecule has 1 saturated carbocycles. The largest absolute Gasteiger partial charge is 0.447 e. The normalized spacial score (nSPS) is 38.7. The summed E-state index contributed by atoms with van der Waals surface area (Å²) in [4.78, 5) is 21.4. The van der Waals surface area contributed by atoms with E-state index in [0.717, 1.165) is 0 Å². The molecule has 0 aromatic carbocycles. The highest BCUT2D eigenvalue weighted by Crippen LogP contribution is 2.39. The van der Waals surface area contributed by atoms with Crippen molar-refractivity contribution in [3.05, 3.63) is 0 Å². The SMILES string of the molecule is NC(=O)C1CC2(COC(=O)N2)C1. The number of primary amides is 1. The maximum Gasteiger partial charge on any atom is 0.407 e. The molecule has 5 nitrogen and oxygen atoms in total. The molecular weight excluding hydrogens is 160 g/mol. The van der Waals surface area contributed by atoms with Gasteiger partial charge in [-0.25, -0.2) is 4.79 Å². The molecule has 0 aromatic rings. The first-order valence-corrected chi connectivity index (χ1v) is 3.86. The molecule has 1 aliphatic heterocycles. The Labute approximate surface area is 69.2 Å². The molecule has 2 amide bonds. The Morgan fingerprint density at radius 2 is 2.33 bits per heavy atom. The minimum atomic E-state index is -0.391. The van der Waals surface area contributed by atoms with Crippen LogP contribution in [0.15, 0.2) is 0 Å². The average Bonchev–Trinajstić information content (AvgIpc) is 2.27. The van der Waals surface area contributed by atoms with Gasteiger partial charge in [-0.3, -0.25) is 4.79 Å². The molecule has 2 aliphatic rings. The minimum absolute atomic E-state index is 0.0907. The van der Waals surface area contributed by atoms with Crippen molar-refractivity contribution in [2.75, 3.05) is 6.61 Å². The number of carbonyl (C=O) groups is 2. The lowest BCUT2D eigenvalue weighted by atomic mass is 9.69. The third-order valence-corrected chi connectivity index (χ3v) is 2.52. The Morgan fingerprint density at radius 1 is 1.67 bits per heavy atom. The van der Waals surface area contributed by atoms with E-state index in [9.17, 15) is 9.59 Å². The molecule has 1 spiro atoms. The van der Waals surface area contributed by atoms with E-state index in [-0.39, 0.29) is 17.4 Å². The van der Waals surface area contributed by atoms with E-state index in [1.807, 2.05) is 0 Å². The summed E-state index contributed by atoms with van der Waals surface area (Å²) in [5.41, 5.74) is 4.81. The highest BCUT2D eigenvalue weighted by molar-refractivity contribution is 5.79. The standard InChI is InChI=1S/C7H10N2O3/c8-5(10)4-1-7(2-4)3-12-6(11)9-7/h4H,1-3H2,(H2,8,10)(H,9,11). The van der Waals surface area contributed by atoms with Crippen LogP contribution in [0.5, 0.6) is 0 Å². The molecule has 1 heterocycles. The lowest BCUT2D eigenvalue weighted by Gasteiger charge is -2.41. The molecular formula is C7H10N2O3. The Morgan fingerprint density at radius 3 is 2.75 bits per heavy atom. The molecule has 0 aromatic heterocycles. The predicted octanol–water partition coefficient (Wildman–Crippen LogP) is -0.640. The number of ether oxygens (including phenoxy) is 1. The second-order valence-electron chi connectivity index (χ2n) is 3.49. The Bertz CT molecular complexity index is 245.